The number of aromatic nitrogens is 1. The van der Waals surface area contributed by atoms with E-state index in [-0.39, 0.29) is 0 Å². The lowest BCUT2D eigenvalue weighted by atomic mass is 10.1. The monoisotopic (exact) mass is 250 g/mol. The van der Waals surface area contributed by atoms with Crippen LogP contribution in [0.2, 0.25) is 0 Å². The quantitative estimate of drug-likeness (QED) is 0.892. The molecule has 1 heterocycles. The molecular formula is C14H16F2N2. The highest BCUT2D eigenvalue weighted by atomic mass is 19.2. The fraction of sp³-hybridized carbons (Fsp3) is 0.357. The molecule has 96 valence electrons. The van der Waals surface area contributed by atoms with E-state index in [1.165, 1.54) is 6.07 Å². The molecule has 0 unspecified atom stereocenters. The molecule has 1 aromatic carbocycles. The van der Waals surface area contributed by atoms with Crippen molar-refractivity contribution >= 4 is 16.6 Å². The first-order valence-corrected chi connectivity index (χ1v) is 6.04. The van der Waals surface area contributed by atoms with Crippen molar-refractivity contribution in [2.24, 2.45) is 0 Å². The second kappa shape index (κ2) is 4.88. The Bertz CT molecular complexity index is 589. The number of nitrogens with one attached hydrogen (secondary N) is 1. The highest BCUT2D eigenvalue weighted by molar-refractivity contribution is 5.93. The number of benzene rings is 1. The standard InChI is InChI=1S/C14H16F2N2/c1-4-5-17-14-8(2)9(3)18-13-7-12(16)11(15)6-10(13)14/h6-7H,4-5H2,1-3H3,(H,17,18). The molecule has 1 N–H and O–H groups in total. The van der Waals surface area contributed by atoms with Crippen LogP contribution >= 0.6 is 0 Å². The first-order valence-electron chi connectivity index (χ1n) is 6.04. The molecule has 2 aromatic rings. The Kier molecular flexibility index (Phi) is 3.45. The smallest absolute Gasteiger partial charge is 0.161 e. The summed E-state index contributed by atoms with van der Waals surface area (Å²) >= 11 is 0. The van der Waals surface area contributed by atoms with Gasteiger partial charge in [0, 0.05) is 29.4 Å². The molecule has 0 aliphatic heterocycles. The van der Waals surface area contributed by atoms with Crippen LogP contribution in [0.15, 0.2) is 12.1 Å². The number of pyridine rings is 1. The van der Waals surface area contributed by atoms with Crippen LogP contribution in [-0.4, -0.2) is 11.5 Å². The lowest BCUT2D eigenvalue weighted by Gasteiger charge is -2.14. The van der Waals surface area contributed by atoms with Crippen LogP contribution in [0.1, 0.15) is 24.6 Å². The van der Waals surface area contributed by atoms with E-state index in [4.69, 9.17) is 0 Å². The van der Waals surface area contributed by atoms with Gasteiger partial charge in [-0.3, -0.25) is 4.98 Å². The summed E-state index contributed by atoms with van der Waals surface area (Å²) in [6.07, 6.45) is 0.964. The van der Waals surface area contributed by atoms with Gasteiger partial charge in [0.2, 0.25) is 0 Å². The van der Waals surface area contributed by atoms with Crippen molar-refractivity contribution in [3.8, 4) is 0 Å². The minimum absolute atomic E-state index is 0.482. The lowest BCUT2D eigenvalue weighted by Crippen LogP contribution is -2.05. The molecule has 0 atom stereocenters. The van der Waals surface area contributed by atoms with Gasteiger partial charge in [0.1, 0.15) is 0 Å². The molecule has 4 heteroatoms. The topological polar surface area (TPSA) is 24.9 Å². The summed E-state index contributed by atoms with van der Waals surface area (Å²) in [5, 5.41) is 3.89. The molecule has 0 bridgehead atoms. The summed E-state index contributed by atoms with van der Waals surface area (Å²) < 4.78 is 26.6. The van der Waals surface area contributed by atoms with E-state index in [0.717, 1.165) is 36.0 Å². The molecule has 0 amide bonds. The zero-order valence-electron chi connectivity index (χ0n) is 10.8. The number of rotatable bonds is 3. The van der Waals surface area contributed by atoms with E-state index in [2.05, 4.69) is 17.2 Å². The molecule has 0 aliphatic carbocycles. The summed E-state index contributed by atoms with van der Waals surface area (Å²) in [5.41, 5.74) is 3.13. The molecule has 0 aliphatic rings. The first-order chi connectivity index (χ1) is 8.54. The van der Waals surface area contributed by atoms with Crippen LogP contribution < -0.4 is 5.32 Å². The Hall–Kier alpha value is -1.71. The molecule has 0 saturated heterocycles. The molecule has 2 rings (SSSR count). The predicted molar refractivity (Wildman–Crippen MR) is 69.9 cm³/mol. The van der Waals surface area contributed by atoms with E-state index in [1.54, 1.807) is 0 Å². The van der Waals surface area contributed by atoms with Gasteiger partial charge in [-0.15, -0.1) is 0 Å². The summed E-state index contributed by atoms with van der Waals surface area (Å²) in [6.45, 7) is 6.64. The van der Waals surface area contributed by atoms with E-state index in [9.17, 15) is 8.78 Å². The van der Waals surface area contributed by atoms with E-state index >= 15 is 0 Å². The van der Waals surface area contributed by atoms with Crippen LogP contribution in [0, 0.1) is 25.5 Å². The number of fused-ring (bicyclic) bond motifs is 1. The fourth-order valence-electron chi connectivity index (χ4n) is 1.95. The van der Waals surface area contributed by atoms with Gasteiger partial charge in [-0.05, 0) is 31.9 Å². The van der Waals surface area contributed by atoms with Gasteiger partial charge in [0.15, 0.2) is 11.6 Å². The minimum atomic E-state index is -0.861. The van der Waals surface area contributed by atoms with Gasteiger partial charge in [-0.1, -0.05) is 6.92 Å². The zero-order valence-corrected chi connectivity index (χ0v) is 10.8. The SMILES string of the molecule is CCCNc1c(C)c(C)nc2cc(F)c(F)cc12. The van der Waals surface area contributed by atoms with Crippen LogP contribution in [0.3, 0.4) is 0 Å². The highest BCUT2D eigenvalue weighted by Gasteiger charge is 2.12. The summed E-state index contributed by atoms with van der Waals surface area (Å²) in [7, 11) is 0. The van der Waals surface area contributed by atoms with Gasteiger partial charge < -0.3 is 5.32 Å². The van der Waals surface area contributed by atoms with Gasteiger partial charge in [0.05, 0.1) is 5.52 Å². The van der Waals surface area contributed by atoms with Crippen molar-refractivity contribution in [2.75, 3.05) is 11.9 Å². The van der Waals surface area contributed by atoms with Crippen molar-refractivity contribution in [3.05, 3.63) is 35.0 Å². The number of aryl methyl sites for hydroxylation is 1. The summed E-state index contributed by atoms with van der Waals surface area (Å²) in [4.78, 5) is 4.30. The van der Waals surface area contributed by atoms with Crippen molar-refractivity contribution in [2.45, 2.75) is 27.2 Å². The van der Waals surface area contributed by atoms with Crippen molar-refractivity contribution in [3.63, 3.8) is 0 Å². The molecule has 0 saturated carbocycles. The third kappa shape index (κ3) is 2.15. The van der Waals surface area contributed by atoms with Crippen molar-refractivity contribution in [1.82, 2.24) is 4.98 Å². The summed E-state index contributed by atoms with van der Waals surface area (Å²) in [6, 6.07) is 2.36. The Morgan fingerprint density at radius 2 is 1.83 bits per heavy atom. The highest BCUT2D eigenvalue weighted by Crippen LogP contribution is 2.29. The van der Waals surface area contributed by atoms with Gasteiger partial charge in [0.25, 0.3) is 0 Å². The summed E-state index contributed by atoms with van der Waals surface area (Å²) in [5.74, 6) is -1.70. The number of anilines is 1. The number of halogens is 2. The molecule has 0 spiro atoms. The van der Waals surface area contributed by atoms with Crippen molar-refractivity contribution in [1.29, 1.82) is 0 Å². The van der Waals surface area contributed by atoms with Gasteiger partial charge in [-0.25, -0.2) is 8.78 Å². The Morgan fingerprint density at radius 1 is 1.17 bits per heavy atom. The lowest BCUT2D eigenvalue weighted by molar-refractivity contribution is 0.510. The first kappa shape index (κ1) is 12.7. The Morgan fingerprint density at radius 3 is 2.50 bits per heavy atom. The molecule has 1 aromatic heterocycles. The average Bonchev–Trinajstić information content (AvgIpc) is 2.33. The Balaban J connectivity index is 2.71. The average molecular weight is 250 g/mol. The molecule has 18 heavy (non-hydrogen) atoms. The third-order valence-electron chi connectivity index (χ3n) is 3.07. The van der Waals surface area contributed by atoms with E-state index < -0.39 is 11.6 Å². The molecule has 0 radical (unpaired) electrons. The number of nitrogens with zero attached hydrogens (tertiary/aromatic N) is 1. The minimum Gasteiger partial charge on any atom is -0.384 e. The fourth-order valence-corrected chi connectivity index (χ4v) is 1.95. The normalized spacial score (nSPS) is 10.9. The second-order valence-corrected chi connectivity index (χ2v) is 4.41. The maximum Gasteiger partial charge on any atom is 0.161 e. The zero-order chi connectivity index (χ0) is 13.3. The van der Waals surface area contributed by atoms with E-state index in [1.807, 2.05) is 13.8 Å². The maximum atomic E-state index is 13.4. The third-order valence-corrected chi connectivity index (χ3v) is 3.07. The van der Waals surface area contributed by atoms with Crippen LogP contribution in [0.4, 0.5) is 14.5 Å². The van der Waals surface area contributed by atoms with Gasteiger partial charge >= 0.3 is 0 Å². The van der Waals surface area contributed by atoms with E-state index in [0.29, 0.717) is 10.9 Å². The predicted octanol–water partition coefficient (Wildman–Crippen LogP) is 3.95. The second-order valence-electron chi connectivity index (χ2n) is 4.41. The largest absolute Gasteiger partial charge is 0.384 e. The Labute approximate surface area is 105 Å². The molecule has 2 nitrogen and oxygen atoms in total. The van der Waals surface area contributed by atoms with Crippen LogP contribution in [0.5, 0.6) is 0 Å². The molecular weight excluding hydrogens is 234 g/mol. The van der Waals surface area contributed by atoms with Gasteiger partial charge in [-0.2, -0.15) is 0 Å². The molecule has 0 fully saturated rings. The number of hydrogen-bond acceptors (Lipinski definition) is 2. The maximum absolute atomic E-state index is 13.4. The number of hydrogen-bond donors (Lipinski definition) is 1. The van der Waals surface area contributed by atoms with Crippen LogP contribution in [0.25, 0.3) is 10.9 Å². The van der Waals surface area contributed by atoms with Crippen molar-refractivity contribution < 1.29 is 8.78 Å². The van der Waals surface area contributed by atoms with Crippen LogP contribution in [-0.2, 0) is 0 Å².